The van der Waals surface area contributed by atoms with E-state index in [1.54, 1.807) is 0 Å². The van der Waals surface area contributed by atoms with Gasteiger partial charge in [-0.1, -0.05) is 0 Å². The van der Waals surface area contributed by atoms with Gasteiger partial charge in [0.15, 0.2) is 0 Å². The first-order chi connectivity index (χ1) is 4.77. The van der Waals surface area contributed by atoms with Crippen LogP contribution in [0.2, 0.25) is 0 Å². The molecule has 0 aromatic carbocycles. The third-order valence-corrected chi connectivity index (χ3v) is 2.97. The summed E-state index contributed by atoms with van der Waals surface area (Å²) in [6.07, 6.45) is 4.34. The first-order valence-electron chi connectivity index (χ1n) is 3.91. The lowest BCUT2D eigenvalue weighted by Crippen LogP contribution is -2.25. The molecule has 2 bridgehead atoms. The Balaban J connectivity index is 2.08. The van der Waals surface area contributed by atoms with E-state index in [0.717, 1.165) is 19.3 Å². The standard InChI is InChI=1S/C7H11NO2/c9-8(10)7-4-5-1-2-6(7)3-5/h5-7H,1-4H2/t5-,6-,7-/m0/s1. The number of hydrogen-bond donors (Lipinski definition) is 0. The second-order valence-electron chi connectivity index (χ2n) is 3.53. The second kappa shape index (κ2) is 1.94. The minimum absolute atomic E-state index is 0.0795. The summed E-state index contributed by atoms with van der Waals surface area (Å²) in [5, 5.41) is 10.4. The smallest absolute Gasteiger partial charge is 0.216 e. The van der Waals surface area contributed by atoms with Crippen molar-refractivity contribution >= 4 is 0 Å². The molecule has 0 spiro atoms. The summed E-state index contributed by atoms with van der Waals surface area (Å²) in [4.78, 5) is 10.3. The second-order valence-corrected chi connectivity index (χ2v) is 3.53. The van der Waals surface area contributed by atoms with Crippen LogP contribution in [-0.2, 0) is 0 Å². The van der Waals surface area contributed by atoms with Gasteiger partial charge in [-0.15, -0.1) is 0 Å². The molecule has 0 aliphatic heterocycles. The summed E-state index contributed by atoms with van der Waals surface area (Å²) in [5.74, 6) is 1.13. The van der Waals surface area contributed by atoms with E-state index in [-0.39, 0.29) is 11.0 Å². The Hall–Kier alpha value is -0.600. The van der Waals surface area contributed by atoms with Crippen LogP contribution in [0.25, 0.3) is 0 Å². The number of rotatable bonds is 1. The maximum Gasteiger partial charge on any atom is 0.216 e. The minimum Gasteiger partial charge on any atom is -0.264 e. The van der Waals surface area contributed by atoms with Gasteiger partial charge >= 0.3 is 0 Å². The molecule has 0 radical (unpaired) electrons. The Morgan fingerprint density at radius 3 is 2.40 bits per heavy atom. The van der Waals surface area contributed by atoms with Gasteiger partial charge in [-0.25, -0.2) is 0 Å². The van der Waals surface area contributed by atoms with E-state index in [9.17, 15) is 10.1 Å². The zero-order valence-corrected chi connectivity index (χ0v) is 5.82. The number of nitrogens with zero attached hydrogens (tertiary/aromatic N) is 1. The zero-order valence-electron chi connectivity index (χ0n) is 5.82. The molecule has 0 aromatic rings. The highest BCUT2D eigenvalue weighted by Gasteiger charge is 2.46. The van der Waals surface area contributed by atoms with Gasteiger partial charge in [0.2, 0.25) is 6.04 Å². The van der Waals surface area contributed by atoms with Gasteiger partial charge < -0.3 is 0 Å². The van der Waals surface area contributed by atoms with Crippen LogP contribution in [0.3, 0.4) is 0 Å². The molecule has 2 fully saturated rings. The Bertz CT molecular complexity index is 169. The van der Waals surface area contributed by atoms with Crippen molar-refractivity contribution < 1.29 is 4.92 Å². The molecule has 0 heterocycles. The van der Waals surface area contributed by atoms with E-state index < -0.39 is 0 Å². The SMILES string of the molecule is O=[N+]([O-])[C@H]1C[C@H]2CC[C@H]1C2. The molecular weight excluding hydrogens is 130 g/mol. The van der Waals surface area contributed by atoms with Crippen molar-refractivity contribution in [2.24, 2.45) is 11.8 Å². The zero-order chi connectivity index (χ0) is 7.14. The van der Waals surface area contributed by atoms with E-state index in [2.05, 4.69) is 0 Å². The number of fused-ring (bicyclic) bond motifs is 2. The van der Waals surface area contributed by atoms with Gasteiger partial charge in [0.1, 0.15) is 0 Å². The molecule has 3 heteroatoms. The first kappa shape index (κ1) is 6.13. The van der Waals surface area contributed by atoms with E-state index in [4.69, 9.17) is 0 Å². The Kier molecular flexibility index (Phi) is 1.19. The Morgan fingerprint density at radius 2 is 2.10 bits per heavy atom. The van der Waals surface area contributed by atoms with Crippen molar-refractivity contribution in [2.75, 3.05) is 0 Å². The molecule has 0 unspecified atom stereocenters. The largest absolute Gasteiger partial charge is 0.264 e. The lowest BCUT2D eigenvalue weighted by Gasteiger charge is -2.13. The summed E-state index contributed by atoms with van der Waals surface area (Å²) in [5.41, 5.74) is 0. The van der Waals surface area contributed by atoms with E-state index in [1.165, 1.54) is 6.42 Å². The molecule has 2 saturated carbocycles. The predicted molar refractivity (Wildman–Crippen MR) is 36.2 cm³/mol. The maximum atomic E-state index is 10.4. The average molecular weight is 141 g/mol. The van der Waals surface area contributed by atoms with E-state index >= 15 is 0 Å². The predicted octanol–water partition coefficient (Wildman–Crippen LogP) is 1.45. The van der Waals surface area contributed by atoms with E-state index in [1.807, 2.05) is 0 Å². The summed E-state index contributed by atoms with van der Waals surface area (Å²) in [6, 6.07) is -0.182. The topological polar surface area (TPSA) is 43.1 Å². The van der Waals surface area contributed by atoms with Crippen molar-refractivity contribution in [3.63, 3.8) is 0 Å². The maximum absolute atomic E-state index is 10.4. The molecule has 2 aliphatic carbocycles. The average Bonchev–Trinajstić information content (AvgIpc) is 2.44. The molecule has 2 aliphatic rings. The van der Waals surface area contributed by atoms with E-state index in [0.29, 0.717) is 11.8 Å². The highest BCUT2D eigenvalue weighted by molar-refractivity contribution is 4.90. The molecule has 0 amide bonds. The fourth-order valence-electron chi connectivity index (χ4n) is 2.47. The lowest BCUT2D eigenvalue weighted by molar-refractivity contribution is -0.530. The highest BCUT2D eigenvalue weighted by Crippen LogP contribution is 2.45. The van der Waals surface area contributed by atoms with Crippen molar-refractivity contribution in [1.29, 1.82) is 0 Å². The van der Waals surface area contributed by atoms with Crippen molar-refractivity contribution in [3.05, 3.63) is 10.1 Å². The van der Waals surface area contributed by atoms with Gasteiger partial charge in [-0.05, 0) is 25.2 Å². The first-order valence-corrected chi connectivity index (χ1v) is 3.91. The van der Waals surface area contributed by atoms with Gasteiger partial charge in [0.05, 0.1) is 0 Å². The van der Waals surface area contributed by atoms with Gasteiger partial charge in [-0.2, -0.15) is 0 Å². The summed E-state index contributed by atoms with van der Waals surface area (Å²) < 4.78 is 0. The third kappa shape index (κ3) is 0.728. The molecule has 2 rings (SSSR count). The van der Waals surface area contributed by atoms with Gasteiger partial charge in [-0.3, -0.25) is 10.1 Å². The summed E-state index contributed by atoms with van der Waals surface area (Å²) in [6.45, 7) is 0. The van der Waals surface area contributed by atoms with Crippen molar-refractivity contribution in [2.45, 2.75) is 31.7 Å². The van der Waals surface area contributed by atoms with Gasteiger partial charge in [0.25, 0.3) is 0 Å². The molecule has 10 heavy (non-hydrogen) atoms. The van der Waals surface area contributed by atoms with Crippen LogP contribution in [0.5, 0.6) is 0 Å². The molecule has 56 valence electrons. The van der Waals surface area contributed by atoms with Crippen molar-refractivity contribution in [1.82, 2.24) is 0 Å². The normalized spacial score (nSPS) is 44.2. The monoisotopic (exact) mass is 141 g/mol. The minimum atomic E-state index is -0.182. The molecule has 0 aromatic heterocycles. The molecule has 3 nitrogen and oxygen atoms in total. The number of nitro groups is 1. The third-order valence-electron chi connectivity index (χ3n) is 2.97. The summed E-state index contributed by atoms with van der Waals surface area (Å²) >= 11 is 0. The van der Waals surface area contributed by atoms with Crippen LogP contribution in [0.4, 0.5) is 0 Å². The highest BCUT2D eigenvalue weighted by atomic mass is 16.6. The van der Waals surface area contributed by atoms with Crippen LogP contribution in [0, 0.1) is 22.0 Å². The van der Waals surface area contributed by atoms with Crippen LogP contribution >= 0.6 is 0 Å². The van der Waals surface area contributed by atoms with Crippen LogP contribution in [0.1, 0.15) is 25.7 Å². The van der Waals surface area contributed by atoms with Crippen LogP contribution in [-0.4, -0.2) is 11.0 Å². The fraction of sp³-hybridized carbons (Fsp3) is 1.00. The Morgan fingerprint density at radius 1 is 1.30 bits per heavy atom. The fourth-order valence-corrected chi connectivity index (χ4v) is 2.47. The number of hydrogen-bond acceptors (Lipinski definition) is 2. The van der Waals surface area contributed by atoms with Crippen molar-refractivity contribution in [3.8, 4) is 0 Å². The van der Waals surface area contributed by atoms with Crippen LogP contribution in [0.15, 0.2) is 0 Å². The Labute approximate surface area is 59.6 Å². The summed E-state index contributed by atoms with van der Waals surface area (Å²) in [7, 11) is 0. The lowest BCUT2D eigenvalue weighted by atomic mass is 9.96. The van der Waals surface area contributed by atoms with Gasteiger partial charge in [0, 0.05) is 17.3 Å². The van der Waals surface area contributed by atoms with Crippen LogP contribution < -0.4 is 0 Å². The molecular formula is C7H11NO2. The quantitative estimate of drug-likeness (QED) is 0.409. The molecule has 3 atom stereocenters. The molecule has 0 N–H and O–H groups in total. The molecule has 0 saturated heterocycles.